The predicted molar refractivity (Wildman–Crippen MR) is 111 cm³/mol. The third kappa shape index (κ3) is 4.99. The minimum absolute atomic E-state index is 0.193. The fourth-order valence-corrected chi connectivity index (χ4v) is 4.84. The second-order valence-corrected chi connectivity index (χ2v) is 8.50. The van der Waals surface area contributed by atoms with E-state index in [1.807, 2.05) is 18.3 Å². The third-order valence-corrected chi connectivity index (χ3v) is 6.42. The number of aromatic nitrogens is 1. The first-order valence-corrected chi connectivity index (χ1v) is 10.8. The SMILES string of the molecule is O=C(C1CCC[NH+](Cc2ccccn2)C1)N1CCC(Cc2ccccc2)CC1. The van der Waals surface area contributed by atoms with Gasteiger partial charge in [0, 0.05) is 19.3 Å². The highest BCUT2D eigenvalue weighted by Gasteiger charge is 2.33. The maximum atomic E-state index is 13.1. The van der Waals surface area contributed by atoms with Crippen LogP contribution in [0.4, 0.5) is 0 Å². The van der Waals surface area contributed by atoms with Crippen LogP contribution in [0.3, 0.4) is 0 Å². The van der Waals surface area contributed by atoms with E-state index in [9.17, 15) is 4.79 Å². The average Bonchev–Trinajstić information content (AvgIpc) is 2.75. The molecule has 2 saturated heterocycles. The Morgan fingerprint density at radius 3 is 2.57 bits per heavy atom. The molecule has 28 heavy (non-hydrogen) atoms. The van der Waals surface area contributed by atoms with Crippen molar-refractivity contribution in [2.45, 2.75) is 38.6 Å². The number of amides is 1. The summed E-state index contributed by atoms with van der Waals surface area (Å²) in [6.45, 7) is 4.91. The zero-order chi connectivity index (χ0) is 19.2. The molecule has 3 heterocycles. The smallest absolute Gasteiger partial charge is 0.231 e. The van der Waals surface area contributed by atoms with Crippen molar-refractivity contribution < 1.29 is 9.69 Å². The number of carbonyl (C=O) groups is 1. The Balaban J connectivity index is 1.26. The second-order valence-electron chi connectivity index (χ2n) is 8.50. The number of hydrogen-bond donors (Lipinski definition) is 1. The van der Waals surface area contributed by atoms with Crippen molar-refractivity contribution in [1.29, 1.82) is 0 Å². The Morgan fingerprint density at radius 1 is 1.04 bits per heavy atom. The number of nitrogens with zero attached hydrogens (tertiary/aromatic N) is 2. The lowest BCUT2D eigenvalue weighted by Crippen LogP contribution is -3.12. The van der Waals surface area contributed by atoms with E-state index in [-0.39, 0.29) is 5.92 Å². The van der Waals surface area contributed by atoms with Crippen LogP contribution in [0.15, 0.2) is 54.7 Å². The van der Waals surface area contributed by atoms with Crippen LogP contribution in [0.1, 0.15) is 36.9 Å². The molecule has 0 aliphatic carbocycles. The summed E-state index contributed by atoms with van der Waals surface area (Å²) in [5.74, 6) is 1.30. The lowest BCUT2D eigenvalue weighted by atomic mass is 9.89. The molecule has 2 fully saturated rings. The van der Waals surface area contributed by atoms with Crippen molar-refractivity contribution in [2.75, 3.05) is 26.2 Å². The molecule has 2 atom stereocenters. The normalized spacial score (nSPS) is 23.5. The van der Waals surface area contributed by atoms with Gasteiger partial charge in [0.15, 0.2) is 0 Å². The summed E-state index contributed by atoms with van der Waals surface area (Å²) < 4.78 is 0. The van der Waals surface area contributed by atoms with E-state index in [2.05, 4.69) is 46.3 Å². The Hall–Kier alpha value is -2.20. The van der Waals surface area contributed by atoms with Crippen molar-refractivity contribution in [1.82, 2.24) is 9.88 Å². The van der Waals surface area contributed by atoms with Gasteiger partial charge < -0.3 is 9.80 Å². The summed E-state index contributed by atoms with van der Waals surface area (Å²) in [6, 6.07) is 16.9. The monoisotopic (exact) mass is 378 g/mol. The van der Waals surface area contributed by atoms with E-state index >= 15 is 0 Å². The van der Waals surface area contributed by atoms with Crippen LogP contribution in [-0.2, 0) is 17.8 Å². The number of piperidine rings is 2. The molecule has 2 aliphatic heterocycles. The van der Waals surface area contributed by atoms with E-state index in [1.165, 1.54) is 10.5 Å². The topological polar surface area (TPSA) is 37.6 Å². The van der Waals surface area contributed by atoms with Gasteiger partial charge >= 0.3 is 0 Å². The fraction of sp³-hybridized carbons (Fsp3) is 0.500. The number of benzene rings is 1. The first kappa shape index (κ1) is 19.1. The van der Waals surface area contributed by atoms with Gasteiger partial charge in [-0.15, -0.1) is 0 Å². The number of carbonyl (C=O) groups excluding carboxylic acids is 1. The molecule has 1 aromatic heterocycles. The molecule has 0 bridgehead atoms. The zero-order valence-corrected chi connectivity index (χ0v) is 16.7. The molecule has 4 nitrogen and oxygen atoms in total. The number of rotatable bonds is 5. The molecule has 1 amide bonds. The van der Waals surface area contributed by atoms with Gasteiger partial charge in [-0.2, -0.15) is 0 Å². The zero-order valence-electron chi connectivity index (χ0n) is 16.7. The first-order valence-electron chi connectivity index (χ1n) is 10.8. The van der Waals surface area contributed by atoms with Crippen LogP contribution in [-0.4, -0.2) is 42.0 Å². The van der Waals surface area contributed by atoms with E-state index in [0.717, 1.165) is 70.5 Å². The van der Waals surface area contributed by atoms with Crippen molar-refractivity contribution in [3.8, 4) is 0 Å². The van der Waals surface area contributed by atoms with Crippen molar-refractivity contribution in [3.05, 3.63) is 66.0 Å². The minimum atomic E-state index is 0.193. The first-order chi connectivity index (χ1) is 13.8. The Bertz CT molecular complexity index is 741. The van der Waals surface area contributed by atoms with Crippen LogP contribution in [0.25, 0.3) is 0 Å². The summed E-state index contributed by atoms with van der Waals surface area (Å²) in [7, 11) is 0. The third-order valence-electron chi connectivity index (χ3n) is 6.42. The number of hydrogen-bond acceptors (Lipinski definition) is 2. The lowest BCUT2D eigenvalue weighted by molar-refractivity contribution is -0.921. The summed E-state index contributed by atoms with van der Waals surface area (Å²) in [4.78, 5) is 21.2. The van der Waals surface area contributed by atoms with Gasteiger partial charge in [-0.3, -0.25) is 9.78 Å². The molecular weight excluding hydrogens is 346 g/mol. The number of pyridine rings is 1. The van der Waals surface area contributed by atoms with E-state index in [1.54, 1.807) is 0 Å². The van der Waals surface area contributed by atoms with Crippen molar-refractivity contribution >= 4 is 5.91 Å². The number of likely N-dealkylation sites (tertiary alicyclic amines) is 2. The van der Waals surface area contributed by atoms with Gasteiger partial charge in [-0.05, 0) is 55.7 Å². The highest BCUT2D eigenvalue weighted by atomic mass is 16.2. The quantitative estimate of drug-likeness (QED) is 0.867. The van der Waals surface area contributed by atoms with Gasteiger partial charge in [0.2, 0.25) is 5.91 Å². The summed E-state index contributed by atoms with van der Waals surface area (Å²) in [5.41, 5.74) is 2.56. The minimum Gasteiger partial charge on any atom is -0.342 e. The van der Waals surface area contributed by atoms with E-state index < -0.39 is 0 Å². The molecule has 4 rings (SSSR count). The predicted octanol–water partition coefficient (Wildman–Crippen LogP) is 2.36. The van der Waals surface area contributed by atoms with Gasteiger partial charge in [0.1, 0.15) is 6.54 Å². The van der Waals surface area contributed by atoms with Gasteiger partial charge in [-0.1, -0.05) is 36.4 Å². The second kappa shape index (κ2) is 9.33. The van der Waals surface area contributed by atoms with Crippen LogP contribution >= 0.6 is 0 Å². The maximum Gasteiger partial charge on any atom is 0.231 e. The fourth-order valence-electron chi connectivity index (χ4n) is 4.84. The van der Waals surface area contributed by atoms with E-state index in [0.29, 0.717) is 11.8 Å². The van der Waals surface area contributed by atoms with Crippen LogP contribution < -0.4 is 4.90 Å². The Labute approximate surface area is 168 Å². The molecule has 2 aromatic rings. The molecule has 1 N–H and O–H groups in total. The molecular formula is C24H32N3O+. The van der Waals surface area contributed by atoms with Gasteiger partial charge in [0.05, 0.1) is 24.7 Å². The van der Waals surface area contributed by atoms with Crippen molar-refractivity contribution in [2.24, 2.45) is 11.8 Å². The molecule has 2 aliphatic rings. The number of quaternary nitrogens is 1. The highest BCUT2D eigenvalue weighted by molar-refractivity contribution is 5.79. The highest BCUT2D eigenvalue weighted by Crippen LogP contribution is 2.23. The van der Waals surface area contributed by atoms with Crippen LogP contribution in [0.2, 0.25) is 0 Å². The van der Waals surface area contributed by atoms with Gasteiger partial charge in [0.25, 0.3) is 0 Å². The van der Waals surface area contributed by atoms with Crippen LogP contribution in [0, 0.1) is 11.8 Å². The molecule has 1 aromatic carbocycles. The average molecular weight is 379 g/mol. The molecule has 0 spiro atoms. The molecule has 0 saturated carbocycles. The summed E-state index contributed by atoms with van der Waals surface area (Å²) >= 11 is 0. The molecule has 148 valence electrons. The largest absolute Gasteiger partial charge is 0.342 e. The van der Waals surface area contributed by atoms with Gasteiger partial charge in [-0.25, -0.2) is 0 Å². The standard InChI is InChI=1S/C24H31N3O/c28-24(22-9-6-14-26(18-22)19-23-10-4-5-13-25-23)27-15-11-21(12-16-27)17-20-7-2-1-3-8-20/h1-5,7-8,10,13,21-22H,6,9,11-12,14-19H2/p+1. The Kier molecular flexibility index (Phi) is 6.38. The summed E-state index contributed by atoms with van der Waals surface area (Å²) in [6.07, 6.45) is 7.47. The van der Waals surface area contributed by atoms with Crippen LogP contribution in [0.5, 0.6) is 0 Å². The summed E-state index contributed by atoms with van der Waals surface area (Å²) in [5, 5.41) is 0. The van der Waals surface area contributed by atoms with Crippen molar-refractivity contribution in [3.63, 3.8) is 0 Å². The lowest BCUT2D eigenvalue weighted by Gasteiger charge is -2.36. The molecule has 4 heteroatoms. The Morgan fingerprint density at radius 2 is 1.82 bits per heavy atom. The van der Waals surface area contributed by atoms with E-state index in [4.69, 9.17) is 0 Å². The maximum absolute atomic E-state index is 13.1. The molecule has 2 unspecified atom stereocenters. The molecule has 0 radical (unpaired) electrons. The number of nitrogens with one attached hydrogen (secondary N) is 1.